The van der Waals surface area contributed by atoms with Gasteiger partial charge in [0.25, 0.3) is 0 Å². The first-order valence-electron chi connectivity index (χ1n) is 9.41. The number of hydrogen-bond acceptors (Lipinski definition) is 1. The van der Waals surface area contributed by atoms with Gasteiger partial charge in [0.1, 0.15) is 0 Å². The lowest BCUT2D eigenvalue weighted by Gasteiger charge is -2.31. The predicted molar refractivity (Wildman–Crippen MR) is 93.5 cm³/mol. The second-order valence-corrected chi connectivity index (χ2v) is 7.58. The molecule has 2 aliphatic carbocycles. The van der Waals surface area contributed by atoms with Crippen LogP contribution in [0.2, 0.25) is 0 Å². The molecule has 0 bridgehead atoms. The third-order valence-corrected chi connectivity index (χ3v) is 5.05. The average molecular weight is 295 g/mol. The van der Waals surface area contributed by atoms with E-state index >= 15 is 0 Å². The van der Waals surface area contributed by atoms with Crippen molar-refractivity contribution in [2.45, 2.75) is 104 Å². The summed E-state index contributed by atoms with van der Waals surface area (Å²) in [6.07, 6.45) is 18.5. The lowest BCUT2D eigenvalue weighted by molar-refractivity contribution is 0.0439. The number of aliphatic hydroxyl groups excluding tert-OH is 1. The molecule has 3 atom stereocenters. The van der Waals surface area contributed by atoms with Crippen molar-refractivity contribution in [3.8, 4) is 0 Å². The van der Waals surface area contributed by atoms with Crippen LogP contribution in [-0.2, 0) is 0 Å². The number of aliphatic hydroxyl groups is 1. The van der Waals surface area contributed by atoms with Crippen molar-refractivity contribution >= 4 is 0 Å². The first-order chi connectivity index (χ1) is 10.1. The molecule has 0 spiro atoms. The third kappa shape index (κ3) is 9.34. The van der Waals surface area contributed by atoms with Crippen molar-refractivity contribution in [2.24, 2.45) is 11.8 Å². The number of unbranched alkanes of at least 4 members (excludes halogenated alkanes) is 1. The summed E-state index contributed by atoms with van der Waals surface area (Å²) in [6, 6.07) is 0. The highest BCUT2D eigenvalue weighted by Gasteiger charge is 2.25. The second kappa shape index (κ2) is 11.3. The molecule has 1 N–H and O–H groups in total. The van der Waals surface area contributed by atoms with E-state index in [-0.39, 0.29) is 6.10 Å². The normalized spacial score (nSPS) is 29.2. The van der Waals surface area contributed by atoms with Crippen LogP contribution in [0.25, 0.3) is 0 Å². The first-order valence-corrected chi connectivity index (χ1v) is 9.41. The van der Waals surface area contributed by atoms with Gasteiger partial charge in [-0.1, -0.05) is 63.5 Å². The molecule has 3 unspecified atom stereocenters. The van der Waals surface area contributed by atoms with E-state index < -0.39 is 0 Å². The van der Waals surface area contributed by atoms with E-state index in [0.29, 0.717) is 5.92 Å². The van der Waals surface area contributed by atoms with Crippen LogP contribution in [0.4, 0.5) is 0 Å². The van der Waals surface area contributed by atoms with Gasteiger partial charge in [0, 0.05) is 0 Å². The molecule has 1 heteroatoms. The minimum atomic E-state index is -0.0274. The Kier molecular flexibility index (Phi) is 10.1. The number of hydrogen-bond donors (Lipinski definition) is 1. The quantitative estimate of drug-likeness (QED) is 0.479. The van der Waals surface area contributed by atoms with E-state index in [0.717, 1.165) is 12.3 Å². The Balaban J connectivity index is 0.000000304. The van der Waals surface area contributed by atoms with Gasteiger partial charge in [-0.05, 0) is 57.8 Å². The fourth-order valence-electron chi connectivity index (χ4n) is 3.58. The van der Waals surface area contributed by atoms with Gasteiger partial charge >= 0.3 is 0 Å². The van der Waals surface area contributed by atoms with Gasteiger partial charge in [0.05, 0.1) is 6.10 Å². The zero-order valence-electron chi connectivity index (χ0n) is 14.7. The summed E-state index contributed by atoms with van der Waals surface area (Å²) in [5, 5.41) is 9.93. The van der Waals surface area contributed by atoms with Gasteiger partial charge in [-0.15, -0.1) is 0 Å². The minimum absolute atomic E-state index is 0.0274. The number of rotatable bonds is 4. The Morgan fingerprint density at radius 2 is 1.57 bits per heavy atom. The van der Waals surface area contributed by atoms with Gasteiger partial charge in [-0.3, -0.25) is 0 Å². The summed E-state index contributed by atoms with van der Waals surface area (Å²) >= 11 is 0. The SMILES string of the molecule is C1CCCCC1.CC(C)=CCCCC1CCC(C)CC1O. The van der Waals surface area contributed by atoms with Gasteiger partial charge in [-0.2, -0.15) is 0 Å². The second-order valence-electron chi connectivity index (χ2n) is 7.58. The zero-order valence-corrected chi connectivity index (χ0v) is 14.7. The van der Waals surface area contributed by atoms with Crippen LogP contribution < -0.4 is 0 Å². The maximum absolute atomic E-state index is 9.93. The van der Waals surface area contributed by atoms with Gasteiger partial charge in [0.15, 0.2) is 0 Å². The molecule has 2 rings (SSSR count). The average Bonchev–Trinajstić information content (AvgIpc) is 2.47. The van der Waals surface area contributed by atoms with Crippen LogP contribution in [0.15, 0.2) is 11.6 Å². The molecule has 2 fully saturated rings. The zero-order chi connectivity index (χ0) is 15.5. The van der Waals surface area contributed by atoms with Crippen molar-refractivity contribution < 1.29 is 5.11 Å². The van der Waals surface area contributed by atoms with Crippen molar-refractivity contribution in [1.29, 1.82) is 0 Å². The van der Waals surface area contributed by atoms with Crippen molar-refractivity contribution in [3.05, 3.63) is 11.6 Å². The van der Waals surface area contributed by atoms with Gasteiger partial charge in [-0.25, -0.2) is 0 Å². The smallest absolute Gasteiger partial charge is 0.0570 e. The molecule has 0 radical (unpaired) electrons. The van der Waals surface area contributed by atoms with E-state index in [1.54, 1.807) is 0 Å². The summed E-state index contributed by atoms with van der Waals surface area (Å²) in [5.74, 6) is 1.31. The maximum Gasteiger partial charge on any atom is 0.0570 e. The molecule has 0 amide bonds. The molecule has 0 aromatic carbocycles. The molecule has 0 aromatic heterocycles. The first kappa shape index (κ1) is 18.7. The Labute approximate surface area is 133 Å². The molecular weight excluding hydrogens is 256 g/mol. The van der Waals surface area contributed by atoms with Crippen molar-refractivity contribution in [1.82, 2.24) is 0 Å². The molecule has 0 saturated heterocycles. The molecular formula is C20H38O. The number of allylic oxidation sites excluding steroid dienone is 2. The van der Waals surface area contributed by atoms with Gasteiger partial charge < -0.3 is 5.11 Å². The Hall–Kier alpha value is -0.300. The largest absolute Gasteiger partial charge is 0.393 e. The van der Waals surface area contributed by atoms with E-state index in [4.69, 9.17) is 0 Å². The van der Waals surface area contributed by atoms with Crippen LogP contribution in [-0.4, -0.2) is 11.2 Å². The standard InChI is InChI=1S/C14H26O.C6H12/c1-11(2)6-4-5-7-13-9-8-12(3)10-14(13)15;1-2-4-6-5-3-1/h6,12-15H,4-5,7-10H2,1-3H3;1-6H2. The summed E-state index contributed by atoms with van der Waals surface area (Å²) < 4.78 is 0. The highest BCUT2D eigenvalue weighted by Crippen LogP contribution is 2.31. The highest BCUT2D eigenvalue weighted by atomic mass is 16.3. The van der Waals surface area contributed by atoms with Gasteiger partial charge in [0.2, 0.25) is 0 Å². The van der Waals surface area contributed by atoms with Crippen LogP contribution in [0.3, 0.4) is 0 Å². The minimum Gasteiger partial charge on any atom is -0.393 e. The molecule has 0 aliphatic heterocycles. The van der Waals surface area contributed by atoms with Crippen molar-refractivity contribution in [2.75, 3.05) is 0 Å². The molecule has 1 nitrogen and oxygen atoms in total. The summed E-state index contributed by atoms with van der Waals surface area (Å²) in [6.45, 7) is 6.55. The van der Waals surface area contributed by atoms with E-state index in [2.05, 4.69) is 26.8 Å². The van der Waals surface area contributed by atoms with Crippen molar-refractivity contribution in [3.63, 3.8) is 0 Å². The molecule has 2 aliphatic rings. The Bertz CT molecular complexity index is 262. The monoisotopic (exact) mass is 294 g/mol. The molecule has 0 aromatic rings. The van der Waals surface area contributed by atoms with Crippen LogP contribution in [0, 0.1) is 11.8 Å². The van der Waals surface area contributed by atoms with Crippen LogP contribution in [0.5, 0.6) is 0 Å². The molecule has 21 heavy (non-hydrogen) atoms. The Morgan fingerprint density at radius 1 is 1.00 bits per heavy atom. The van der Waals surface area contributed by atoms with Crippen LogP contribution >= 0.6 is 0 Å². The topological polar surface area (TPSA) is 20.2 Å². The van der Waals surface area contributed by atoms with Crippen LogP contribution in [0.1, 0.15) is 97.8 Å². The lowest BCUT2D eigenvalue weighted by Crippen LogP contribution is -2.28. The fourth-order valence-corrected chi connectivity index (χ4v) is 3.58. The molecule has 2 saturated carbocycles. The third-order valence-electron chi connectivity index (χ3n) is 5.05. The summed E-state index contributed by atoms with van der Waals surface area (Å²) in [7, 11) is 0. The fraction of sp³-hybridized carbons (Fsp3) is 0.900. The van der Waals surface area contributed by atoms with E-state index in [9.17, 15) is 5.11 Å². The van der Waals surface area contributed by atoms with E-state index in [1.807, 2.05) is 0 Å². The van der Waals surface area contributed by atoms with E-state index in [1.165, 1.54) is 76.2 Å². The Morgan fingerprint density at radius 3 is 2.05 bits per heavy atom. The maximum atomic E-state index is 9.93. The molecule has 124 valence electrons. The molecule has 0 heterocycles. The lowest BCUT2D eigenvalue weighted by atomic mass is 9.78. The highest BCUT2D eigenvalue weighted by molar-refractivity contribution is 4.92. The summed E-state index contributed by atoms with van der Waals surface area (Å²) in [5.41, 5.74) is 1.41. The summed E-state index contributed by atoms with van der Waals surface area (Å²) in [4.78, 5) is 0. The predicted octanol–water partition coefficient (Wildman–Crippen LogP) is 6.26.